The quantitative estimate of drug-likeness (QED) is 0.656. The van der Waals surface area contributed by atoms with Crippen LogP contribution in [0, 0.1) is 18.6 Å². The average Bonchev–Trinajstić information content (AvgIpc) is 2.00. The van der Waals surface area contributed by atoms with E-state index in [0.29, 0.717) is 5.56 Å². The van der Waals surface area contributed by atoms with Crippen LogP contribution in [0.3, 0.4) is 0 Å². The maximum Gasteiger partial charge on any atom is 0.132 e. The van der Waals surface area contributed by atoms with Crippen LogP contribution in [0.25, 0.3) is 0 Å². The Morgan fingerprint density at radius 2 is 1.69 bits per heavy atom. The van der Waals surface area contributed by atoms with E-state index in [-0.39, 0.29) is 25.0 Å². The first-order valence-corrected chi connectivity index (χ1v) is 3.98. The summed E-state index contributed by atoms with van der Waals surface area (Å²) in [6, 6.07) is 2.82. The topological polar surface area (TPSA) is 0 Å². The minimum atomic E-state index is -0.475. The number of hydrogen-bond acceptors (Lipinski definition) is 0. The van der Waals surface area contributed by atoms with Crippen molar-refractivity contribution in [1.29, 1.82) is 0 Å². The molecule has 0 saturated heterocycles. The van der Waals surface area contributed by atoms with Crippen LogP contribution in [0.5, 0.6) is 0 Å². The highest BCUT2D eigenvalue weighted by atomic mass is 32.1. The lowest BCUT2D eigenvalue weighted by atomic mass is 10.00. The van der Waals surface area contributed by atoms with Gasteiger partial charge in [-0.25, -0.2) is 8.78 Å². The van der Waals surface area contributed by atoms with Gasteiger partial charge in [-0.05, 0) is 24.5 Å². The normalized spacial score (nSPS) is 10.0. The lowest BCUT2D eigenvalue weighted by molar-refractivity contribution is 0.551. The molecule has 13 heavy (non-hydrogen) atoms. The Morgan fingerprint density at radius 3 is 2.15 bits per heavy atom. The third-order valence-electron chi connectivity index (χ3n) is 1.97. The van der Waals surface area contributed by atoms with Gasteiger partial charge in [0.15, 0.2) is 0 Å². The lowest BCUT2D eigenvalue weighted by Crippen LogP contribution is -1.97. The summed E-state index contributed by atoms with van der Waals surface area (Å²) >= 11 is 0. The molecule has 0 N–H and O–H groups in total. The molecule has 0 heterocycles. The molecule has 0 nitrogen and oxygen atoms in total. The van der Waals surface area contributed by atoms with E-state index in [9.17, 15) is 8.78 Å². The van der Waals surface area contributed by atoms with Gasteiger partial charge in [-0.2, -0.15) is 13.5 Å². The summed E-state index contributed by atoms with van der Waals surface area (Å²) in [6.07, 6.45) is 0. The Hall–Kier alpha value is -0.570. The van der Waals surface area contributed by atoms with Crippen LogP contribution in [0.2, 0.25) is 0 Å². The Bertz CT molecular complexity index is 295. The van der Waals surface area contributed by atoms with E-state index in [1.54, 1.807) is 0 Å². The van der Waals surface area contributed by atoms with E-state index in [2.05, 4.69) is 0 Å². The number of halogens is 2. The van der Waals surface area contributed by atoms with Gasteiger partial charge in [0, 0.05) is 5.56 Å². The average molecular weight is 204 g/mol. The van der Waals surface area contributed by atoms with E-state index < -0.39 is 11.6 Å². The highest BCUT2D eigenvalue weighted by Gasteiger charge is 2.11. The van der Waals surface area contributed by atoms with Crippen molar-refractivity contribution in [3.8, 4) is 0 Å². The SMILES string of the molecule is Cc1c(F)ccc(C(C)C)c1F.S. The van der Waals surface area contributed by atoms with Gasteiger partial charge in [0.05, 0.1) is 0 Å². The first kappa shape index (κ1) is 12.4. The predicted octanol–water partition coefficient (Wildman–Crippen LogP) is 3.51. The molecule has 0 aliphatic carbocycles. The molecule has 0 aliphatic rings. The smallest absolute Gasteiger partial charge is 0.132 e. The summed E-state index contributed by atoms with van der Waals surface area (Å²) < 4.78 is 26.1. The van der Waals surface area contributed by atoms with Crippen molar-refractivity contribution in [2.75, 3.05) is 0 Å². The first-order chi connectivity index (χ1) is 5.54. The highest BCUT2D eigenvalue weighted by Crippen LogP contribution is 2.22. The molecule has 0 radical (unpaired) electrons. The monoisotopic (exact) mass is 204 g/mol. The van der Waals surface area contributed by atoms with Crippen LogP contribution < -0.4 is 0 Å². The maximum atomic E-state index is 13.3. The van der Waals surface area contributed by atoms with Crippen LogP contribution in [-0.4, -0.2) is 0 Å². The zero-order valence-electron chi connectivity index (χ0n) is 7.99. The van der Waals surface area contributed by atoms with Gasteiger partial charge in [-0.1, -0.05) is 19.9 Å². The second-order valence-corrected chi connectivity index (χ2v) is 3.23. The van der Waals surface area contributed by atoms with Gasteiger partial charge in [0.25, 0.3) is 0 Å². The van der Waals surface area contributed by atoms with Crippen LogP contribution >= 0.6 is 13.5 Å². The predicted molar refractivity (Wildman–Crippen MR) is 55.6 cm³/mol. The molecule has 1 aromatic carbocycles. The number of benzene rings is 1. The van der Waals surface area contributed by atoms with Crippen LogP contribution in [0.1, 0.15) is 30.9 Å². The minimum absolute atomic E-state index is 0. The summed E-state index contributed by atoms with van der Waals surface area (Å²) in [5, 5.41) is 0. The minimum Gasteiger partial charge on any atom is -0.207 e. The fourth-order valence-electron chi connectivity index (χ4n) is 1.13. The Kier molecular flexibility index (Phi) is 4.40. The molecule has 0 bridgehead atoms. The summed E-state index contributed by atoms with van der Waals surface area (Å²) in [5.41, 5.74) is 0.690. The van der Waals surface area contributed by atoms with E-state index in [4.69, 9.17) is 0 Å². The summed E-state index contributed by atoms with van der Waals surface area (Å²) in [5.74, 6) is -0.786. The number of rotatable bonds is 1. The van der Waals surface area contributed by atoms with Gasteiger partial charge in [-0.15, -0.1) is 0 Å². The van der Waals surface area contributed by atoms with Crippen LogP contribution in [0.4, 0.5) is 8.78 Å². The molecule has 1 aromatic rings. The number of hydrogen-bond donors (Lipinski definition) is 0. The third kappa shape index (κ3) is 2.44. The van der Waals surface area contributed by atoms with E-state index >= 15 is 0 Å². The van der Waals surface area contributed by atoms with E-state index in [0.717, 1.165) is 0 Å². The summed E-state index contributed by atoms with van der Waals surface area (Å²) in [7, 11) is 0. The molecule has 1 rings (SSSR count). The van der Waals surface area contributed by atoms with E-state index in [1.165, 1.54) is 19.1 Å². The van der Waals surface area contributed by atoms with Crippen LogP contribution in [-0.2, 0) is 0 Å². The molecule has 0 fully saturated rings. The molecule has 74 valence electrons. The lowest BCUT2D eigenvalue weighted by Gasteiger charge is -2.08. The zero-order valence-corrected chi connectivity index (χ0v) is 8.99. The van der Waals surface area contributed by atoms with Crippen molar-refractivity contribution in [3.05, 3.63) is 34.9 Å². The van der Waals surface area contributed by atoms with E-state index in [1.807, 2.05) is 13.8 Å². The second kappa shape index (κ2) is 4.61. The van der Waals surface area contributed by atoms with Crippen molar-refractivity contribution < 1.29 is 8.78 Å². The van der Waals surface area contributed by atoms with Gasteiger partial charge >= 0.3 is 0 Å². The molecule has 0 saturated carbocycles. The van der Waals surface area contributed by atoms with Crippen molar-refractivity contribution in [1.82, 2.24) is 0 Å². The summed E-state index contributed by atoms with van der Waals surface area (Å²) in [4.78, 5) is 0. The second-order valence-electron chi connectivity index (χ2n) is 3.23. The van der Waals surface area contributed by atoms with Crippen LogP contribution in [0.15, 0.2) is 12.1 Å². The zero-order chi connectivity index (χ0) is 9.30. The fraction of sp³-hybridized carbons (Fsp3) is 0.400. The molecule has 0 atom stereocenters. The molecule has 3 heteroatoms. The highest BCUT2D eigenvalue weighted by molar-refractivity contribution is 7.59. The molecule has 0 unspecified atom stereocenters. The van der Waals surface area contributed by atoms with Crippen molar-refractivity contribution >= 4 is 13.5 Å². The Morgan fingerprint density at radius 1 is 1.15 bits per heavy atom. The maximum absolute atomic E-state index is 13.3. The standard InChI is InChI=1S/C10H12F2.H2S/c1-6(2)8-4-5-9(11)7(3)10(8)12;/h4-6H,1-3H3;1H2. The molecule has 0 aromatic heterocycles. The molecule has 0 aliphatic heterocycles. The largest absolute Gasteiger partial charge is 0.207 e. The van der Waals surface area contributed by atoms with Gasteiger partial charge < -0.3 is 0 Å². The first-order valence-electron chi connectivity index (χ1n) is 3.98. The van der Waals surface area contributed by atoms with Crippen molar-refractivity contribution in [2.24, 2.45) is 0 Å². The molecule has 0 amide bonds. The van der Waals surface area contributed by atoms with Gasteiger partial charge in [0.1, 0.15) is 11.6 Å². The fourth-order valence-corrected chi connectivity index (χ4v) is 1.13. The van der Waals surface area contributed by atoms with Crippen molar-refractivity contribution in [2.45, 2.75) is 26.7 Å². The summed E-state index contributed by atoms with van der Waals surface area (Å²) in [6.45, 7) is 5.22. The Balaban J connectivity index is 0.00000144. The third-order valence-corrected chi connectivity index (χ3v) is 1.97. The van der Waals surface area contributed by atoms with Crippen molar-refractivity contribution in [3.63, 3.8) is 0 Å². The molecule has 0 spiro atoms. The molecular formula is C10H14F2S. The Labute approximate surface area is 84.4 Å². The van der Waals surface area contributed by atoms with Gasteiger partial charge in [-0.3, -0.25) is 0 Å². The van der Waals surface area contributed by atoms with Gasteiger partial charge in [0.2, 0.25) is 0 Å². The molecular weight excluding hydrogens is 190 g/mol.